The number of imidazole rings is 1. The number of nitrogens with one attached hydrogen (secondary N) is 1. The van der Waals surface area contributed by atoms with Gasteiger partial charge in [0.05, 0.1) is 16.7 Å². The second-order valence-electron chi connectivity index (χ2n) is 8.27. The summed E-state index contributed by atoms with van der Waals surface area (Å²) in [7, 11) is 0. The molecule has 0 radical (unpaired) electrons. The number of carbonyl (C=O) groups is 2. The highest BCUT2D eigenvalue weighted by atomic mass is 16.5. The molecule has 0 spiro atoms. The number of anilines is 1. The first-order valence-corrected chi connectivity index (χ1v) is 11.7. The van der Waals surface area contributed by atoms with Crippen LogP contribution in [0.4, 0.5) is 5.69 Å². The van der Waals surface area contributed by atoms with Crippen molar-refractivity contribution in [2.24, 2.45) is 0 Å². The zero-order valence-electron chi connectivity index (χ0n) is 20.6. The van der Waals surface area contributed by atoms with E-state index in [9.17, 15) is 9.59 Å². The highest BCUT2D eigenvalue weighted by Gasteiger charge is 2.23. The number of fused-ring (bicyclic) bond motifs is 1. The minimum Gasteiger partial charge on any atom is -0.361 e. The van der Waals surface area contributed by atoms with E-state index in [-0.39, 0.29) is 25.1 Å². The fraction of sp³-hybridized carbons (Fsp3) is 0.370. The van der Waals surface area contributed by atoms with E-state index in [0.717, 1.165) is 40.1 Å². The standard InChI is InChI=1S/C27H34N4O3/c1-6-21-12-10-11-20(5)26(21)31(18-34-7-2)25(32)17-30-23-14-9-8-13-22(23)29-24(30)15-16-28-27(33)19(3)4/h8-14H,3,6-7,15-18H2,1-2,4-5H3,(H,28,33). The van der Waals surface area contributed by atoms with Gasteiger partial charge < -0.3 is 14.6 Å². The average Bonchev–Trinajstić information content (AvgIpc) is 3.17. The predicted molar refractivity (Wildman–Crippen MR) is 136 cm³/mol. The van der Waals surface area contributed by atoms with Crippen LogP contribution in [0.15, 0.2) is 54.6 Å². The fourth-order valence-corrected chi connectivity index (χ4v) is 3.99. The number of hydrogen-bond donors (Lipinski definition) is 1. The summed E-state index contributed by atoms with van der Waals surface area (Å²) >= 11 is 0. The molecule has 0 saturated heterocycles. The Morgan fingerprint density at radius 2 is 1.91 bits per heavy atom. The van der Waals surface area contributed by atoms with Crippen molar-refractivity contribution < 1.29 is 14.3 Å². The number of hydrogen-bond acceptors (Lipinski definition) is 4. The molecule has 1 N–H and O–H groups in total. The summed E-state index contributed by atoms with van der Waals surface area (Å²) in [6.45, 7) is 12.6. The van der Waals surface area contributed by atoms with E-state index < -0.39 is 0 Å². The van der Waals surface area contributed by atoms with E-state index in [2.05, 4.69) is 24.9 Å². The maximum absolute atomic E-state index is 13.7. The van der Waals surface area contributed by atoms with Gasteiger partial charge in [0, 0.05) is 25.1 Å². The number of ether oxygens (including phenoxy) is 1. The Labute approximate surface area is 201 Å². The van der Waals surface area contributed by atoms with Crippen molar-refractivity contribution in [3.05, 3.63) is 71.6 Å². The molecule has 3 rings (SSSR count). The summed E-state index contributed by atoms with van der Waals surface area (Å²) in [6.07, 6.45) is 1.31. The topological polar surface area (TPSA) is 76.5 Å². The van der Waals surface area contributed by atoms with Gasteiger partial charge in [0.2, 0.25) is 11.8 Å². The zero-order valence-corrected chi connectivity index (χ0v) is 20.6. The molecule has 0 fully saturated rings. The molecule has 180 valence electrons. The number of carbonyl (C=O) groups excluding carboxylic acids is 2. The third-order valence-corrected chi connectivity index (χ3v) is 5.75. The second kappa shape index (κ2) is 11.6. The molecule has 2 aromatic carbocycles. The monoisotopic (exact) mass is 462 g/mol. The average molecular weight is 463 g/mol. The van der Waals surface area contributed by atoms with Gasteiger partial charge in [-0.2, -0.15) is 0 Å². The Morgan fingerprint density at radius 3 is 2.62 bits per heavy atom. The molecule has 0 aliphatic carbocycles. The van der Waals surface area contributed by atoms with Gasteiger partial charge in [-0.05, 0) is 50.5 Å². The molecule has 1 heterocycles. The number of rotatable bonds is 11. The lowest BCUT2D eigenvalue weighted by molar-refractivity contribution is -0.120. The smallest absolute Gasteiger partial charge is 0.248 e. The molecular formula is C27H34N4O3. The van der Waals surface area contributed by atoms with E-state index in [1.54, 1.807) is 11.8 Å². The van der Waals surface area contributed by atoms with Crippen LogP contribution in [0.3, 0.4) is 0 Å². The third kappa shape index (κ3) is 5.72. The van der Waals surface area contributed by atoms with Crippen LogP contribution in [0.5, 0.6) is 0 Å². The minimum atomic E-state index is -0.187. The van der Waals surface area contributed by atoms with Crippen molar-refractivity contribution in [3.63, 3.8) is 0 Å². The zero-order chi connectivity index (χ0) is 24.7. The van der Waals surface area contributed by atoms with Gasteiger partial charge in [-0.3, -0.25) is 14.5 Å². The second-order valence-corrected chi connectivity index (χ2v) is 8.27. The van der Waals surface area contributed by atoms with E-state index in [4.69, 9.17) is 9.72 Å². The van der Waals surface area contributed by atoms with E-state index in [1.807, 2.05) is 54.8 Å². The number of nitrogens with zero attached hydrogens (tertiary/aromatic N) is 3. The summed E-state index contributed by atoms with van der Waals surface area (Å²) in [5.74, 6) is 0.481. The molecule has 0 aliphatic heterocycles. The van der Waals surface area contributed by atoms with Crippen LogP contribution < -0.4 is 10.2 Å². The summed E-state index contributed by atoms with van der Waals surface area (Å²) in [5, 5.41) is 2.85. The summed E-state index contributed by atoms with van der Waals surface area (Å²) in [6, 6.07) is 13.8. The molecular weight excluding hydrogens is 428 g/mol. The molecule has 1 aromatic heterocycles. The molecule has 0 aliphatic rings. The summed E-state index contributed by atoms with van der Waals surface area (Å²) < 4.78 is 7.64. The van der Waals surface area contributed by atoms with Crippen LogP contribution in [-0.2, 0) is 33.7 Å². The Hall–Kier alpha value is -3.45. The van der Waals surface area contributed by atoms with E-state index in [0.29, 0.717) is 25.1 Å². The molecule has 2 amide bonds. The Kier molecular flexibility index (Phi) is 8.60. The minimum absolute atomic E-state index is 0.0761. The van der Waals surface area contributed by atoms with Crippen molar-refractivity contribution >= 4 is 28.5 Å². The van der Waals surface area contributed by atoms with Gasteiger partial charge in [-0.15, -0.1) is 0 Å². The van der Waals surface area contributed by atoms with E-state index in [1.165, 1.54) is 0 Å². The first-order chi connectivity index (χ1) is 16.4. The number of aryl methyl sites for hydroxylation is 2. The van der Waals surface area contributed by atoms with Crippen molar-refractivity contribution in [1.82, 2.24) is 14.9 Å². The predicted octanol–water partition coefficient (Wildman–Crippen LogP) is 4.17. The maximum Gasteiger partial charge on any atom is 0.248 e. The Morgan fingerprint density at radius 1 is 1.15 bits per heavy atom. The first kappa shape index (κ1) is 25.2. The van der Waals surface area contributed by atoms with Gasteiger partial charge in [0.15, 0.2) is 0 Å². The number of amides is 2. The largest absolute Gasteiger partial charge is 0.361 e. The van der Waals surface area contributed by atoms with Gasteiger partial charge in [0.1, 0.15) is 19.1 Å². The molecule has 0 saturated carbocycles. The van der Waals surface area contributed by atoms with Gasteiger partial charge in [-0.25, -0.2) is 4.98 Å². The third-order valence-electron chi connectivity index (χ3n) is 5.75. The summed E-state index contributed by atoms with van der Waals surface area (Å²) in [4.78, 5) is 32.1. The van der Waals surface area contributed by atoms with Crippen LogP contribution in [-0.4, -0.2) is 41.2 Å². The highest BCUT2D eigenvalue weighted by molar-refractivity contribution is 5.95. The van der Waals surface area contributed by atoms with Crippen LogP contribution >= 0.6 is 0 Å². The summed E-state index contributed by atoms with van der Waals surface area (Å²) in [5.41, 5.74) is 5.20. The molecule has 3 aromatic rings. The molecule has 0 bridgehead atoms. The van der Waals surface area contributed by atoms with Crippen LogP contribution in [0, 0.1) is 6.92 Å². The van der Waals surface area contributed by atoms with E-state index >= 15 is 0 Å². The van der Waals surface area contributed by atoms with Crippen molar-refractivity contribution in [3.8, 4) is 0 Å². The Bertz CT molecular complexity index is 1180. The van der Waals surface area contributed by atoms with Gasteiger partial charge in [0.25, 0.3) is 0 Å². The van der Waals surface area contributed by atoms with Gasteiger partial charge in [-0.1, -0.05) is 43.8 Å². The van der Waals surface area contributed by atoms with Crippen molar-refractivity contribution in [2.75, 3.05) is 24.8 Å². The normalized spacial score (nSPS) is 10.9. The fourth-order valence-electron chi connectivity index (χ4n) is 3.99. The molecule has 0 unspecified atom stereocenters. The molecule has 0 atom stereocenters. The highest BCUT2D eigenvalue weighted by Crippen LogP contribution is 2.27. The maximum atomic E-state index is 13.7. The lowest BCUT2D eigenvalue weighted by Gasteiger charge is -2.27. The van der Waals surface area contributed by atoms with Crippen LogP contribution in [0.1, 0.15) is 37.7 Å². The lowest BCUT2D eigenvalue weighted by atomic mass is 10.0. The van der Waals surface area contributed by atoms with Crippen LogP contribution in [0.2, 0.25) is 0 Å². The van der Waals surface area contributed by atoms with Crippen LogP contribution in [0.25, 0.3) is 11.0 Å². The lowest BCUT2D eigenvalue weighted by Crippen LogP contribution is -2.37. The number of para-hydroxylation sites is 3. The molecule has 7 nitrogen and oxygen atoms in total. The molecule has 7 heteroatoms. The Balaban J connectivity index is 1.93. The van der Waals surface area contributed by atoms with Gasteiger partial charge >= 0.3 is 0 Å². The first-order valence-electron chi connectivity index (χ1n) is 11.7. The van der Waals surface area contributed by atoms with Crippen molar-refractivity contribution in [2.45, 2.75) is 47.1 Å². The quantitative estimate of drug-likeness (QED) is 0.343. The molecule has 34 heavy (non-hydrogen) atoms. The number of aromatic nitrogens is 2. The SMILES string of the molecule is C=C(C)C(=O)NCCc1nc2ccccc2n1CC(=O)N(COCC)c1c(C)cccc1CC. The van der Waals surface area contributed by atoms with Crippen molar-refractivity contribution in [1.29, 1.82) is 0 Å². The number of benzene rings is 2.